The van der Waals surface area contributed by atoms with Crippen LogP contribution in [0, 0.1) is 6.92 Å². The van der Waals surface area contributed by atoms with Crippen molar-refractivity contribution in [2.45, 2.75) is 46.4 Å². The molecule has 1 aromatic heterocycles. The molecule has 0 aliphatic heterocycles. The fourth-order valence-corrected chi connectivity index (χ4v) is 2.83. The number of aliphatic imine (C=N–C) groups is 1. The summed E-state index contributed by atoms with van der Waals surface area (Å²) in [4.78, 5) is 6.94. The van der Waals surface area contributed by atoms with Crippen molar-refractivity contribution in [1.82, 2.24) is 15.5 Å². The standard InChI is InChI=1S/C22H34N4O2.HI/c1-6-23-21(25-16-22(4,27)20-12-11-17(3)28-20)24-14-18-9-8-10-19(13-18)15-26(5)7-2;/h8-13,27H,6-7,14-16H2,1-5H3,(H2,23,24,25);1H. The molecule has 1 atom stereocenters. The van der Waals surface area contributed by atoms with Crippen LogP contribution in [-0.4, -0.2) is 42.6 Å². The zero-order chi connectivity index (χ0) is 20.6. The van der Waals surface area contributed by atoms with Crippen LogP contribution in [0.25, 0.3) is 0 Å². The van der Waals surface area contributed by atoms with E-state index in [-0.39, 0.29) is 24.0 Å². The predicted octanol–water partition coefficient (Wildman–Crippen LogP) is 3.62. The lowest BCUT2D eigenvalue weighted by atomic mass is 10.0. The number of nitrogens with one attached hydrogen (secondary N) is 2. The largest absolute Gasteiger partial charge is 0.463 e. The van der Waals surface area contributed by atoms with Gasteiger partial charge in [0.25, 0.3) is 0 Å². The van der Waals surface area contributed by atoms with Gasteiger partial charge in [-0.25, -0.2) is 4.99 Å². The highest BCUT2D eigenvalue weighted by atomic mass is 127. The van der Waals surface area contributed by atoms with Crippen LogP contribution in [0.4, 0.5) is 0 Å². The summed E-state index contributed by atoms with van der Waals surface area (Å²) >= 11 is 0. The fraction of sp³-hybridized carbons (Fsp3) is 0.500. The van der Waals surface area contributed by atoms with E-state index in [1.165, 1.54) is 5.56 Å². The van der Waals surface area contributed by atoms with Crippen molar-refractivity contribution in [3.63, 3.8) is 0 Å². The number of hydrogen-bond acceptors (Lipinski definition) is 4. The van der Waals surface area contributed by atoms with Gasteiger partial charge in [-0.15, -0.1) is 24.0 Å². The molecule has 2 aromatic rings. The van der Waals surface area contributed by atoms with E-state index in [1.54, 1.807) is 13.0 Å². The minimum atomic E-state index is -1.12. The summed E-state index contributed by atoms with van der Waals surface area (Å²) < 4.78 is 5.57. The Bertz CT molecular complexity index is 774. The zero-order valence-corrected chi connectivity index (χ0v) is 20.5. The third kappa shape index (κ3) is 8.36. The number of halogens is 1. The van der Waals surface area contributed by atoms with Gasteiger partial charge in [0, 0.05) is 13.1 Å². The Morgan fingerprint density at radius 3 is 2.52 bits per heavy atom. The van der Waals surface area contributed by atoms with Gasteiger partial charge in [-0.3, -0.25) is 0 Å². The van der Waals surface area contributed by atoms with E-state index in [2.05, 4.69) is 58.8 Å². The molecular formula is C22H35IN4O2. The SMILES string of the molecule is CCNC(=NCc1cccc(CN(C)CC)c1)NCC(C)(O)c1ccc(C)o1.I. The minimum Gasteiger partial charge on any atom is -0.463 e. The average Bonchev–Trinajstić information content (AvgIpc) is 3.11. The van der Waals surface area contributed by atoms with Crippen LogP contribution in [0.3, 0.4) is 0 Å². The van der Waals surface area contributed by atoms with E-state index in [9.17, 15) is 5.11 Å². The van der Waals surface area contributed by atoms with Gasteiger partial charge in [0.05, 0.1) is 13.1 Å². The molecule has 0 aliphatic carbocycles. The number of aliphatic hydroxyl groups is 1. The molecule has 0 saturated heterocycles. The molecule has 1 heterocycles. The van der Waals surface area contributed by atoms with Crippen molar-refractivity contribution < 1.29 is 9.52 Å². The topological polar surface area (TPSA) is 73.0 Å². The van der Waals surface area contributed by atoms with Crippen molar-refractivity contribution in [3.8, 4) is 0 Å². The third-order valence-electron chi connectivity index (χ3n) is 4.62. The molecule has 0 radical (unpaired) electrons. The molecule has 2 rings (SSSR count). The molecule has 0 saturated carbocycles. The molecule has 0 fully saturated rings. The van der Waals surface area contributed by atoms with Crippen LogP contribution in [0.5, 0.6) is 0 Å². The second-order valence-electron chi connectivity index (χ2n) is 7.38. The highest BCUT2D eigenvalue weighted by molar-refractivity contribution is 14.0. The number of guanidine groups is 1. The number of nitrogens with zero attached hydrogens (tertiary/aromatic N) is 2. The van der Waals surface area contributed by atoms with Crippen LogP contribution >= 0.6 is 24.0 Å². The van der Waals surface area contributed by atoms with Crippen molar-refractivity contribution in [2.75, 3.05) is 26.7 Å². The maximum Gasteiger partial charge on any atom is 0.191 e. The highest BCUT2D eigenvalue weighted by Gasteiger charge is 2.27. The molecule has 0 spiro atoms. The predicted molar refractivity (Wildman–Crippen MR) is 130 cm³/mol. The first-order valence-electron chi connectivity index (χ1n) is 9.92. The van der Waals surface area contributed by atoms with Crippen molar-refractivity contribution >= 4 is 29.9 Å². The van der Waals surface area contributed by atoms with Crippen molar-refractivity contribution in [2.24, 2.45) is 4.99 Å². The first-order valence-corrected chi connectivity index (χ1v) is 9.92. The monoisotopic (exact) mass is 514 g/mol. The molecule has 0 bridgehead atoms. The Morgan fingerprint density at radius 2 is 1.90 bits per heavy atom. The molecule has 0 amide bonds. The second kappa shape index (κ2) is 12.2. The molecule has 3 N–H and O–H groups in total. The van der Waals surface area contributed by atoms with E-state index in [0.29, 0.717) is 24.8 Å². The normalized spacial score (nSPS) is 13.7. The first kappa shape index (κ1) is 25.5. The molecular weight excluding hydrogens is 479 g/mol. The van der Waals surface area contributed by atoms with Gasteiger partial charge >= 0.3 is 0 Å². The summed E-state index contributed by atoms with van der Waals surface area (Å²) in [6.45, 7) is 11.3. The Morgan fingerprint density at radius 1 is 1.17 bits per heavy atom. The number of aryl methyl sites for hydroxylation is 1. The van der Waals surface area contributed by atoms with Crippen LogP contribution in [0.15, 0.2) is 45.8 Å². The molecule has 162 valence electrons. The summed E-state index contributed by atoms with van der Waals surface area (Å²) in [5.74, 6) is 1.99. The molecule has 6 nitrogen and oxygen atoms in total. The highest BCUT2D eigenvalue weighted by Crippen LogP contribution is 2.21. The van der Waals surface area contributed by atoms with E-state index in [4.69, 9.17) is 4.42 Å². The quantitative estimate of drug-likeness (QED) is 0.271. The zero-order valence-electron chi connectivity index (χ0n) is 18.2. The maximum absolute atomic E-state index is 10.7. The number of rotatable bonds is 9. The summed E-state index contributed by atoms with van der Waals surface area (Å²) in [6.07, 6.45) is 0. The average molecular weight is 514 g/mol. The molecule has 7 heteroatoms. The summed E-state index contributed by atoms with van der Waals surface area (Å²) in [7, 11) is 2.12. The lowest BCUT2D eigenvalue weighted by Crippen LogP contribution is -2.44. The van der Waals surface area contributed by atoms with E-state index >= 15 is 0 Å². The van der Waals surface area contributed by atoms with E-state index in [0.717, 1.165) is 31.0 Å². The lowest BCUT2D eigenvalue weighted by Gasteiger charge is -2.23. The molecule has 1 aromatic carbocycles. The van der Waals surface area contributed by atoms with Crippen LogP contribution in [0.1, 0.15) is 43.4 Å². The van der Waals surface area contributed by atoms with Gasteiger partial charge in [0.15, 0.2) is 5.96 Å². The maximum atomic E-state index is 10.7. The van der Waals surface area contributed by atoms with Crippen molar-refractivity contribution in [1.29, 1.82) is 0 Å². The Hall–Kier alpha value is -1.58. The third-order valence-corrected chi connectivity index (χ3v) is 4.62. The Labute approximate surface area is 191 Å². The lowest BCUT2D eigenvalue weighted by molar-refractivity contribution is 0.0378. The van der Waals surface area contributed by atoms with Crippen LogP contribution in [0.2, 0.25) is 0 Å². The van der Waals surface area contributed by atoms with Gasteiger partial charge < -0.3 is 25.1 Å². The number of benzene rings is 1. The van der Waals surface area contributed by atoms with Gasteiger partial charge in [0.2, 0.25) is 0 Å². The summed E-state index contributed by atoms with van der Waals surface area (Å²) in [5.41, 5.74) is 1.33. The summed E-state index contributed by atoms with van der Waals surface area (Å²) in [6, 6.07) is 12.2. The van der Waals surface area contributed by atoms with Gasteiger partial charge in [-0.1, -0.05) is 31.2 Å². The van der Waals surface area contributed by atoms with Crippen molar-refractivity contribution in [3.05, 3.63) is 59.0 Å². The summed E-state index contributed by atoms with van der Waals surface area (Å²) in [5, 5.41) is 17.1. The fourth-order valence-electron chi connectivity index (χ4n) is 2.83. The van der Waals surface area contributed by atoms with Gasteiger partial charge in [-0.2, -0.15) is 0 Å². The minimum absolute atomic E-state index is 0. The molecule has 29 heavy (non-hydrogen) atoms. The van der Waals surface area contributed by atoms with E-state index < -0.39 is 5.60 Å². The second-order valence-corrected chi connectivity index (χ2v) is 7.38. The van der Waals surface area contributed by atoms with Crippen LogP contribution < -0.4 is 10.6 Å². The number of furan rings is 1. The van der Waals surface area contributed by atoms with E-state index in [1.807, 2.05) is 19.9 Å². The van der Waals surface area contributed by atoms with Gasteiger partial charge in [0.1, 0.15) is 17.1 Å². The Balaban J connectivity index is 0.00000420. The smallest absolute Gasteiger partial charge is 0.191 e. The van der Waals surface area contributed by atoms with Crippen LogP contribution in [-0.2, 0) is 18.7 Å². The first-order chi connectivity index (χ1) is 13.3. The number of hydrogen-bond donors (Lipinski definition) is 3. The van der Waals surface area contributed by atoms with Gasteiger partial charge in [-0.05, 0) is 57.6 Å². The molecule has 0 aliphatic rings. The Kier molecular flexibility index (Phi) is 10.7. The molecule has 1 unspecified atom stereocenters.